The van der Waals surface area contributed by atoms with E-state index in [1.807, 2.05) is 11.8 Å². The van der Waals surface area contributed by atoms with Crippen molar-refractivity contribution >= 4 is 11.8 Å². The monoisotopic (exact) mass is 307 g/mol. The fourth-order valence-corrected chi connectivity index (χ4v) is 5.51. The molecule has 4 heteroatoms. The van der Waals surface area contributed by atoms with Crippen LogP contribution in [0.15, 0.2) is 18.2 Å². The number of methoxy groups -OCH3 is 1. The van der Waals surface area contributed by atoms with Gasteiger partial charge in [0.1, 0.15) is 5.75 Å². The molecule has 0 spiro atoms. The smallest absolute Gasteiger partial charge is 0.119 e. The zero-order valence-electron chi connectivity index (χ0n) is 12.9. The summed E-state index contributed by atoms with van der Waals surface area (Å²) in [7, 11) is 1.72. The first-order valence-electron chi connectivity index (χ1n) is 7.87. The van der Waals surface area contributed by atoms with E-state index in [0.717, 1.165) is 18.6 Å². The van der Waals surface area contributed by atoms with Crippen LogP contribution in [-0.2, 0) is 11.8 Å². The molecule has 116 valence electrons. The molecule has 2 aliphatic rings. The highest BCUT2D eigenvalue weighted by Crippen LogP contribution is 2.46. The van der Waals surface area contributed by atoms with Crippen LogP contribution in [0, 0.1) is 0 Å². The highest BCUT2D eigenvalue weighted by Gasteiger charge is 2.45. The Balaban J connectivity index is 2.09. The van der Waals surface area contributed by atoms with E-state index in [2.05, 4.69) is 30.6 Å². The molecule has 0 saturated carbocycles. The Morgan fingerprint density at radius 2 is 2.19 bits per heavy atom. The van der Waals surface area contributed by atoms with Crippen LogP contribution in [0.2, 0.25) is 0 Å². The quantitative estimate of drug-likeness (QED) is 0.820. The first-order valence-corrected chi connectivity index (χ1v) is 8.92. The number of thioether (sulfide) groups is 1. The van der Waals surface area contributed by atoms with E-state index in [-0.39, 0.29) is 11.5 Å². The largest absolute Gasteiger partial charge is 0.497 e. The Hall–Kier alpha value is -0.710. The van der Waals surface area contributed by atoms with E-state index < -0.39 is 0 Å². The molecule has 3 unspecified atom stereocenters. The standard InChI is InChI=1S/C17H25NO2S/c1-17-8-4-3-5-9-21-15(16(17)18-19)10-12-6-7-13(20-2)11-14(12)17/h6-7,11,15-16,18-19H,3-5,8-10H2,1-2H3. The van der Waals surface area contributed by atoms with E-state index in [1.165, 1.54) is 36.1 Å². The Bertz CT molecular complexity index is 508. The average Bonchev–Trinajstić information content (AvgIpc) is 2.55. The second-order valence-corrected chi connectivity index (χ2v) is 7.82. The molecule has 2 N–H and O–H groups in total. The van der Waals surface area contributed by atoms with Gasteiger partial charge in [0.2, 0.25) is 0 Å². The fraction of sp³-hybridized carbons (Fsp3) is 0.647. The SMILES string of the molecule is COc1ccc2c(c1)C1(C)CCCCCSC(C2)C1NO. The minimum Gasteiger partial charge on any atom is -0.497 e. The molecule has 3 rings (SSSR count). The third-order valence-electron chi connectivity index (χ3n) is 5.22. The maximum atomic E-state index is 9.83. The van der Waals surface area contributed by atoms with E-state index in [9.17, 15) is 5.21 Å². The molecule has 3 atom stereocenters. The van der Waals surface area contributed by atoms with Crippen molar-refractivity contribution in [2.75, 3.05) is 12.9 Å². The summed E-state index contributed by atoms with van der Waals surface area (Å²) in [5, 5.41) is 10.3. The van der Waals surface area contributed by atoms with Gasteiger partial charge in [0.25, 0.3) is 0 Å². The van der Waals surface area contributed by atoms with Crippen molar-refractivity contribution < 1.29 is 9.94 Å². The molecule has 1 fully saturated rings. The van der Waals surface area contributed by atoms with Gasteiger partial charge in [-0.1, -0.05) is 25.8 Å². The first kappa shape index (κ1) is 15.2. The van der Waals surface area contributed by atoms with Gasteiger partial charge in [-0.15, -0.1) is 0 Å². The number of nitrogens with one attached hydrogen (secondary N) is 1. The minimum absolute atomic E-state index is 0.0289. The molecule has 3 nitrogen and oxygen atoms in total. The molecule has 2 bridgehead atoms. The van der Waals surface area contributed by atoms with Crippen molar-refractivity contribution in [2.45, 2.75) is 55.7 Å². The third-order valence-corrected chi connectivity index (χ3v) is 6.61. The van der Waals surface area contributed by atoms with Crippen molar-refractivity contribution in [3.8, 4) is 5.75 Å². The summed E-state index contributed by atoms with van der Waals surface area (Å²) in [6.45, 7) is 2.30. The van der Waals surface area contributed by atoms with Crippen LogP contribution in [0.5, 0.6) is 5.75 Å². The van der Waals surface area contributed by atoms with E-state index in [1.54, 1.807) is 7.11 Å². The molecule has 0 aromatic heterocycles. The normalized spacial score (nSPS) is 32.5. The molecule has 1 aromatic rings. The van der Waals surface area contributed by atoms with Gasteiger partial charge in [-0.05, 0) is 48.3 Å². The lowest BCUT2D eigenvalue weighted by Crippen LogP contribution is -2.55. The predicted molar refractivity (Wildman–Crippen MR) is 87.5 cm³/mol. The Kier molecular flexibility index (Phi) is 4.48. The summed E-state index contributed by atoms with van der Waals surface area (Å²) in [5.41, 5.74) is 5.40. The van der Waals surface area contributed by atoms with Crippen LogP contribution >= 0.6 is 11.8 Å². The van der Waals surface area contributed by atoms with Crippen molar-refractivity contribution in [2.24, 2.45) is 0 Å². The summed E-state index contributed by atoms with van der Waals surface area (Å²) >= 11 is 2.02. The molecular formula is C17H25NO2S. The molecular weight excluding hydrogens is 282 g/mol. The number of hydrogen-bond acceptors (Lipinski definition) is 4. The summed E-state index contributed by atoms with van der Waals surface area (Å²) < 4.78 is 5.42. The number of hydroxylamine groups is 1. The van der Waals surface area contributed by atoms with Crippen LogP contribution in [0.4, 0.5) is 0 Å². The van der Waals surface area contributed by atoms with Crippen LogP contribution in [0.1, 0.15) is 43.7 Å². The number of ether oxygens (including phenoxy) is 1. The minimum atomic E-state index is -0.0289. The molecule has 1 aromatic carbocycles. The molecule has 1 saturated heterocycles. The molecule has 21 heavy (non-hydrogen) atoms. The number of benzene rings is 1. The van der Waals surface area contributed by atoms with Gasteiger partial charge in [0.15, 0.2) is 0 Å². The second-order valence-electron chi connectivity index (χ2n) is 6.47. The Morgan fingerprint density at radius 3 is 2.95 bits per heavy atom. The van der Waals surface area contributed by atoms with Gasteiger partial charge >= 0.3 is 0 Å². The topological polar surface area (TPSA) is 41.5 Å². The fourth-order valence-electron chi connectivity index (χ4n) is 3.98. The van der Waals surface area contributed by atoms with Crippen molar-refractivity contribution in [1.29, 1.82) is 0 Å². The van der Waals surface area contributed by atoms with Gasteiger partial charge < -0.3 is 9.94 Å². The lowest BCUT2D eigenvalue weighted by Gasteiger charge is -2.46. The molecule has 0 amide bonds. The third kappa shape index (κ3) is 2.69. The maximum Gasteiger partial charge on any atom is 0.119 e. The van der Waals surface area contributed by atoms with Crippen molar-refractivity contribution in [1.82, 2.24) is 5.48 Å². The second kappa shape index (κ2) is 6.19. The summed E-state index contributed by atoms with van der Waals surface area (Å²) in [6.07, 6.45) is 5.93. The Labute approximate surface area is 131 Å². The molecule has 1 heterocycles. The Morgan fingerprint density at radius 1 is 1.33 bits per heavy atom. The van der Waals surface area contributed by atoms with E-state index in [0.29, 0.717) is 5.25 Å². The maximum absolute atomic E-state index is 9.83. The zero-order valence-corrected chi connectivity index (χ0v) is 13.7. The van der Waals surface area contributed by atoms with Crippen molar-refractivity contribution in [3.05, 3.63) is 29.3 Å². The summed E-state index contributed by atoms with van der Waals surface area (Å²) in [6, 6.07) is 6.57. The number of hydrogen-bond donors (Lipinski definition) is 2. The summed E-state index contributed by atoms with van der Waals surface area (Å²) in [5.74, 6) is 2.11. The molecule has 1 aliphatic carbocycles. The van der Waals surface area contributed by atoms with Crippen LogP contribution < -0.4 is 10.2 Å². The molecule has 0 radical (unpaired) electrons. The van der Waals surface area contributed by atoms with E-state index in [4.69, 9.17) is 4.74 Å². The van der Waals surface area contributed by atoms with Gasteiger partial charge in [-0.25, -0.2) is 5.48 Å². The summed E-state index contributed by atoms with van der Waals surface area (Å²) in [4.78, 5) is 0. The van der Waals surface area contributed by atoms with Crippen LogP contribution in [-0.4, -0.2) is 29.4 Å². The number of rotatable bonds is 2. The van der Waals surface area contributed by atoms with Gasteiger partial charge in [-0.2, -0.15) is 11.8 Å². The van der Waals surface area contributed by atoms with Gasteiger partial charge in [0, 0.05) is 10.7 Å². The zero-order chi connectivity index (χ0) is 14.9. The highest BCUT2D eigenvalue weighted by atomic mass is 32.2. The molecule has 1 aliphatic heterocycles. The predicted octanol–water partition coefficient (Wildman–Crippen LogP) is 3.53. The lowest BCUT2D eigenvalue weighted by molar-refractivity contribution is 0.0769. The van der Waals surface area contributed by atoms with Gasteiger partial charge in [0.05, 0.1) is 13.2 Å². The number of fused-ring (bicyclic) bond motifs is 4. The van der Waals surface area contributed by atoms with Crippen LogP contribution in [0.3, 0.4) is 0 Å². The average molecular weight is 307 g/mol. The first-order chi connectivity index (χ1) is 10.2. The van der Waals surface area contributed by atoms with Crippen molar-refractivity contribution in [3.63, 3.8) is 0 Å². The highest BCUT2D eigenvalue weighted by molar-refractivity contribution is 7.99. The van der Waals surface area contributed by atoms with E-state index >= 15 is 0 Å². The lowest BCUT2D eigenvalue weighted by atomic mass is 9.65. The van der Waals surface area contributed by atoms with Gasteiger partial charge in [-0.3, -0.25) is 0 Å². The van der Waals surface area contributed by atoms with Crippen LogP contribution in [0.25, 0.3) is 0 Å².